The van der Waals surface area contributed by atoms with Gasteiger partial charge >= 0.3 is 66.1 Å². The van der Waals surface area contributed by atoms with E-state index in [9.17, 15) is 26.7 Å². The molecule has 0 atom stereocenters. The van der Waals surface area contributed by atoms with Crippen molar-refractivity contribution in [1.82, 2.24) is 0 Å². The van der Waals surface area contributed by atoms with E-state index in [1.807, 2.05) is 0 Å². The fourth-order valence-electron chi connectivity index (χ4n) is 0.238. The van der Waals surface area contributed by atoms with Crippen LogP contribution in [-0.2, 0) is 4.74 Å². The summed E-state index contributed by atoms with van der Waals surface area (Å²) in [6.07, 6.45) is -11.2. The summed E-state index contributed by atoms with van der Waals surface area (Å²) in [4.78, 5) is 9.70. The summed E-state index contributed by atoms with van der Waals surface area (Å²) in [7, 11) is 0. The molecule has 0 heterocycles. The summed E-state index contributed by atoms with van der Waals surface area (Å²) < 4.78 is 57.7. The van der Waals surface area contributed by atoms with E-state index in [1.165, 1.54) is 0 Å². The van der Waals surface area contributed by atoms with Gasteiger partial charge in [0.1, 0.15) is 0 Å². The Morgan fingerprint density at radius 2 is 1.55 bits per heavy atom. The van der Waals surface area contributed by atoms with Crippen molar-refractivity contribution in [2.45, 2.75) is 12.3 Å². The van der Waals surface area contributed by atoms with Crippen molar-refractivity contribution in [3.63, 3.8) is 0 Å². The van der Waals surface area contributed by atoms with Crippen LogP contribution in [0.25, 0.3) is 0 Å². The molecule has 0 rings (SSSR count). The molecule has 0 amide bonds. The molecule has 0 aliphatic carbocycles. The second-order valence-electron chi connectivity index (χ2n) is 1.61. The number of hydrogen-bond acceptors (Lipinski definition) is 2. The molecule has 0 aromatic carbocycles. The van der Waals surface area contributed by atoms with E-state index in [-0.39, 0.29) is 0 Å². The van der Waals surface area contributed by atoms with Crippen molar-refractivity contribution >= 4 is 22.4 Å². The van der Waals surface area contributed by atoms with Gasteiger partial charge in [0, 0.05) is 0 Å². The predicted molar refractivity (Wildman–Crippen MR) is 23.2 cm³/mol. The number of hydrogen-bond donors (Lipinski definition) is 0. The quantitative estimate of drug-likeness (QED) is 0.439. The monoisotopic (exact) mass is 170 g/mol. The molecule has 0 aromatic rings. The Balaban J connectivity index is 4.34. The number of ether oxygens (including phenoxy) is 1. The third kappa shape index (κ3) is 3.08. The molecule has 0 unspecified atom stereocenters. The summed E-state index contributed by atoms with van der Waals surface area (Å²) in [5, 5.41) is 0. The molecule has 8 heteroatoms. The van der Waals surface area contributed by atoms with E-state index < -0.39 is 16.9 Å². The maximum atomic E-state index is 11.6. The second-order valence-corrected chi connectivity index (χ2v) is 1.61. The van der Waals surface area contributed by atoms with Crippen LogP contribution in [0.5, 0.6) is 0 Å². The van der Waals surface area contributed by atoms with Crippen LogP contribution < -0.4 is 0 Å². The summed E-state index contributed by atoms with van der Waals surface area (Å²) in [5.74, 6) is 0. The van der Waals surface area contributed by atoms with E-state index in [0.29, 0.717) is 17.7 Å². The standard InChI is InChI=1S/C3F5O2.Li/c4-2(5,6)3(7,8)10-1-9;. The van der Waals surface area contributed by atoms with Crippen LogP contribution in [0.1, 0.15) is 0 Å². The van der Waals surface area contributed by atoms with Gasteiger partial charge in [0.15, 0.2) is 0 Å². The van der Waals surface area contributed by atoms with Crippen LogP contribution in [-0.4, -0.2) is 34.6 Å². The first-order chi connectivity index (χ1) is 4.67. The van der Waals surface area contributed by atoms with E-state index >= 15 is 0 Å². The molecule has 11 heavy (non-hydrogen) atoms. The average Bonchev–Trinajstić information content (AvgIpc) is 1.56. The molecule has 2 nitrogen and oxygen atoms in total. The number of halogens is 5. The minimum atomic E-state index is -5.85. The topological polar surface area (TPSA) is 26.3 Å². The SMILES string of the molecule is [Li][C](=O)OC(F)(F)C(F)(F)F. The Morgan fingerprint density at radius 3 is 1.64 bits per heavy atom. The maximum absolute atomic E-state index is 11.6. The molecule has 0 aliphatic heterocycles. The van der Waals surface area contributed by atoms with Gasteiger partial charge in [0.05, 0.1) is 0 Å². The van der Waals surface area contributed by atoms with Crippen molar-refractivity contribution in [3.8, 4) is 0 Å². The molecule has 0 aliphatic rings. The van der Waals surface area contributed by atoms with Gasteiger partial charge in [0.2, 0.25) is 0 Å². The zero-order chi connectivity index (χ0) is 9.28. The van der Waals surface area contributed by atoms with Crippen LogP contribution >= 0.6 is 0 Å². The van der Waals surface area contributed by atoms with Crippen LogP contribution in [0.15, 0.2) is 0 Å². The first kappa shape index (κ1) is 10.7. The van der Waals surface area contributed by atoms with Crippen LogP contribution in [0.4, 0.5) is 26.7 Å². The Bertz CT molecular complexity index is 164. The molecule has 0 radical (unpaired) electrons. The molecule has 0 saturated heterocycles. The van der Waals surface area contributed by atoms with E-state index in [4.69, 9.17) is 0 Å². The Labute approximate surface area is 66.9 Å². The third-order valence-corrected chi connectivity index (χ3v) is 0.602. The van der Waals surface area contributed by atoms with Gasteiger partial charge in [-0.05, 0) is 0 Å². The first-order valence-corrected chi connectivity index (χ1v) is 2.31. The van der Waals surface area contributed by atoms with Gasteiger partial charge in [-0.1, -0.05) is 0 Å². The molecular weight excluding hydrogens is 170 g/mol. The molecule has 0 spiro atoms. The molecule has 60 valence electrons. The van der Waals surface area contributed by atoms with Crippen LogP contribution in [0, 0.1) is 0 Å². The van der Waals surface area contributed by atoms with Gasteiger partial charge < -0.3 is 0 Å². The van der Waals surface area contributed by atoms with Crippen molar-refractivity contribution < 1.29 is 31.5 Å². The Kier molecular flexibility index (Phi) is 2.91. The van der Waals surface area contributed by atoms with Gasteiger partial charge in [0.25, 0.3) is 0 Å². The minimum absolute atomic E-state index is 0.458. The van der Waals surface area contributed by atoms with Gasteiger partial charge in [-0.3, -0.25) is 0 Å². The second kappa shape index (κ2) is 2.99. The van der Waals surface area contributed by atoms with Crippen molar-refractivity contribution in [3.05, 3.63) is 0 Å². The molecule has 0 aromatic heterocycles. The zero-order valence-corrected chi connectivity index (χ0v) is 5.21. The third-order valence-electron chi connectivity index (χ3n) is 0.602. The number of alkyl halides is 5. The normalized spacial score (nSPS) is 13.0. The number of carbonyl (C=O) groups excluding carboxylic acids is 1. The Hall–Kier alpha value is -0.283. The first-order valence-electron chi connectivity index (χ1n) is 2.31. The summed E-state index contributed by atoms with van der Waals surface area (Å²) in [6, 6.07) is 0. The van der Waals surface area contributed by atoms with E-state index in [1.54, 1.807) is 0 Å². The van der Waals surface area contributed by atoms with Crippen molar-refractivity contribution in [1.29, 1.82) is 0 Å². The molecule has 0 N–H and O–H groups in total. The van der Waals surface area contributed by atoms with Crippen LogP contribution in [0.2, 0.25) is 0 Å². The van der Waals surface area contributed by atoms with Crippen molar-refractivity contribution in [2.75, 3.05) is 0 Å². The molecule has 0 saturated carbocycles. The fraction of sp³-hybridized carbons (Fsp3) is 0.667. The van der Waals surface area contributed by atoms with Crippen molar-refractivity contribution in [2.24, 2.45) is 0 Å². The van der Waals surface area contributed by atoms with Gasteiger partial charge in [-0.25, -0.2) is 0 Å². The predicted octanol–water partition coefficient (Wildman–Crippen LogP) is 1.45. The summed E-state index contributed by atoms with van der Waals surface area (Å²) >= 11 is 0.458. The van der Waals surface area contributed by atoms with Crippen LogP contribution in [0.3, 0.4) is 0 Å². The van der Waals surface area contributed by atoms with E-state index in [2.05, 4.69) is 4.74 Å². The molecular formula is C3F5LiO2. The zero-order valence-electron chi connectivity index (χ0n) is 5.21. The van der Waals surface area contributed by atoms with Gasteiger partial charge in [-0.15, -0.1) is 0 Å². The summed E-state index contributed by atoms with van der Waals surface area (Å²) in [5.41, 5.74) is 0. The number of carbonyl (C=O) groups is 1. The fourth-order valence-corrected chi connectivity index (χ4v) is 0.238. The Morgan fingerprint density at radius 1 is 1.18 bits per heavy atom. The van der Waals surface area contributed by atoms with Gasteiger partial charge in [-0.2, -0.15) is 0 Å². The molecule has 0 fully saturated rings. The average molecular weight is 170 g/mol. The summed E-state index contributed by atoms with van der Waals surface area (Å²) in [6.45, 7) is 0. The number of rotatable bonds is 1. The van der Waals surface area contributed by atoms with E-state index in [0.717, 1.165) is 0 Å². The molecule has 0 bridgehead atoms.